The average molecular weight is 335 g/mol. The van der Waals surface area contributed by atoms with Crippen molar-refractivity contribution < 1.29 is 14.0 Å². The van der Waals surface area contributed by atoms with Crippen LogP contribution in [-0.4, -0.2) is 36.0 Å². The number of carbonyl (C=O) groups is 2. The van der Waals surface area contributed by atoms with Gasteiger partial charge in [0.15, 0.2) is 0 Å². The van der Waals surface area contributed by atoms with E-state index in [0.717, 1.165) is 31.2 Å². The quantitative estimate of drug-likeness (QED) is 0.840. The van der Waals surface area contributed by atoms with Crippen LogP contribution in [0, 0.1) is 5.82 Å². The largest absolute Gasteiger partial charge is 0.338 e. The Morgan fingerprint density at radius 1 is 1.17 bits per heavy atom. The molecule has 0 heterocycles. The van der Waals surface area contributed by atoms with E-state index in [1.54, 1.807) is 19.1 Å². The lowest BCUT2D eigenvalue weighted by molar-refractivity contribution is -0.122. The zero-order chi connectivity index (χ0) is 17.4. The Balaban J connectivity index is 2.00. The number of nitrogens with zero attached hydrogens (tertiary/aromatic N) is 1. The number of imide groups is 1. The predicted molar refractivity (Wildman–Crippen MR) is 90.9 cm³/mol. The van der Waals surface area contributed by atoms with E-state index in [2.05, 4.69) is 15.5 Å². The summed E-state index contributed by atoms with van der Waals surface area (Å²) in [7, 11) is 0. The van der Waals surface area contributed by atoms with Crippen molar-refractivity contribution in [2.75, 3.05) is 13.1 Å². The monoisotopic (exact) mass is 335 g/mol. The molecule has 1 aromatic rings. The number of urea groups is 1. The van der Waals surface area contributed by atoms with Gasteiger partial charge in [0, 0.05) is 19.1 Å². The summed E-state index contributed by atoms with van der Waals surface area (Å²) in [6.07, 6.45) is 5.64. The van der Waals surface area contributed by atoms with Crippen LogP contribution in [-0.2, 0) is 11.3 Å². The Hall–Kier alpha value is -1.95. The van der Waals surface area contributed by atoms with Gasteiger partial charge in [0.05, 0.1) is 6.54 Å². The van der Waals surface area contributed by atoms with Gasteiger partial charge < -0.3 is 5.32 Å². The molecule has 0 radical (unpaired) electrons. The fourth-order valence-electron chi connectivity index (χ4n) is 3.14. The van der Waals surface area contributed by atoms with Gasteiger partial charge in [-0.3, -0.25) is 15.0 Å². The van der Waals surface area contributed by atoms with Gasteiger partial charge in [0.1, 0.15) is 5.82 Å². The van der Waals surface area contributed by atoms with Crippen LogP contribution in [0.3, 0.4) is 0 Å². The highest BCUT2D eigenvalue weighted by atomic mass is 19.1. The maximum absolute atomic E-state index is 13.1. The van der Waals surface area contributed by atoms with Crippen molar-refractivity contribution >= 4 is 11.9 Å². The van der Waals surface area contributed by atoms with Crippen LogP contribution in [0.2, 0.25) is 0 Å². The summed E-state index contributed by atoms with van der Waals surface area (Å²) in [5, 5.41) is 4.91. The zero-order valence-corrected chi connectivity index (χ0v) is 14.2. The van der Waals surface area contributed by atoms with Gasteiger partial charge in [-0.2, -0.15) is 0 Å². The van der Waals surface area contributed by atoms with E-state index in [-0.39, 0.29) is 18.3 Å². The van der Waals surface area contributed by atoms with E-state index in [1.165, 1.54) is 18.6 Å². The van der Waals surface area contributed by atoms with Crippen molar-refractivity contribution in [2.45, 2.75) is 51.6 Å². The maximum Gasteiger partial charge on any atom is 0.321 e. The fourth-order valence-corrected chi connectivity index (χ4v) is 3.14. The number of halogens is 1. The van der Waals surface area contributed by atoms with Gasteiger partial charge in [0.2, 0.25) is 5.91 Å². The molecule has 0 unspecified atom stereocenters. The third-order valence-electron chi connectivity index (χ3n) is 4.33. The maximum atomic E-state index is 13.1. The Bertz CT molecular complexity index is 542. The number of amides is 3. The highest BCUT2D eigenvalue weighted by molar-refractivity contribution is 5.95. The summed E-state index contributed by atoms with van der Waals surface area (Å²) in [6.45, 7) is 3.01. The third-order valence-corrected chi connectivity index (χ3v) is 4.33. The zero-order valence-electron chi connectivity index (χ0n) is 14.2. The second kappa shape index (κ2) is 9.37. The van der Waals surface area contributed by atoms with Gasteiger partial charge in [-0.1, -0.05) is 31.4 Å². The van der Waals surface area contributed by atoms with Crippen LogP contribution in [0.1, 0.15) is 44.6 Å². The first-order valence-corrected chi connectivity index (χ1v) is 8.64. The number of rotatable bonds is 6. The second-order valence-electron chi connectivity index (χ2n) is 6.23. The molecule has 24 heavy (non-hydrogen) atoms. The molecule has 3 amide bonds. The van der Waals surface area contributed by atoms with Crippen LogP contribution in [0.15, 0.2) is 24.3 Å². The number of hydrogen-bond acceptors (Lipinski definition) is 3. The van der Waals surface area contributed by atoms with E-state index in [0.29, 0.717) is 19.1 Å². The molecule has 1 fully saturated rings. The molecule has 2 rings (SSSR count). The van der Waals surface area contributed by atoms with E-state index in [4.69, 9.17) is 0 Å². The lowest BCUT2D eigenvalue weighted by Gasteiger charge is -2.33. The first-order chi connectivity index (χ1) is 11.6. The molecule has 1 saturated carbocycles. The van der Waals surface area contributed by atoms with Crippen molar-refractivity contribution in [1.82, 2.24) is 15.5 Å². The van der Waals surface area contributed by atoms with Crippen LogP contribution in [0.4, 0.5) is 9.18 Å². The summed E-state index contributed by atoms with van der Waals surface area (Å²) in [4.78, 5) is 25.8. The predicted octanol–water partition coefficient (Wildman–Crippen LogP) is 2.81. The van der Waals surface area contributed by atoms with E-state index in [1.807, 2.05) is 0 Å². The lowest BCUT2D eigenvalue weighted by Crippen LogP contribution is -2.47. The molecular weight excluding hydrogens is 309 g/mol. The van der Waals surface area contributed by atoms with Crippen LogP contribution in [0.25, 0.3) is 0 Å². The Morgan fingerprint density at radius 3 is 2.46 bits per heavy atom. The van der Waals surface area contributed by atoms with Crippen molar-refractivity contribution in [3.63, 3.8) is 0 Å². The molecule has 2 N–H and O–H groups in total. The Labute approximate surface area is 142 Å². The molecule has 0 saturated heterocycles. The Morgan fingerprint density at radius 2 is 1.83 bits per heavy atom. The first-order valence-electron chi connectivity index (χ1n) is 8.64. The normalized spacial score (nSPS) is 15.3. The van der Waals surface area contributed by atoms with Crippen molar-refractivity contribution in [1.29, 1.82) is 0 Å². The summed E-state index contributed by atoms with van der Waals surface area (Å²) in [5.41, 5.74) is 0.966. The minimum Gasteiger partial charge on any atom is -0.338 e. The van der Waals surface area contributed by atoms with E-state index >= 15 is 0 Å². The molecule has 6 heteroatoms. The van der Waals surface area contributed by atoms with Crippen molar-refractivity contribution in [2.24, 2.45) is 0 Å². The molecule has 0 aromatic heterocycles. The molecule has 0 bridgehead atoms. The van der Waals surface area contributed by atoms with Crippen molar-refractivity contribution in [3.8, 4) is 0 Å². The summed E-state index contributed by atoms with van der Waals surface area (Å²) in [5.74, 6) is -0.578. The molecule has 0 aliphatic heterocycles. The highest BCUT2D eigenvalue weighted by Gasteiger charge is 2.23. The smallest absolute Gasteiger partial charge is 0.321 e. The third kappa shape index (κ3) is 5.92. The molecule has 1 aromatic carbocycles. The van der Waals surface area contributed by atoms with Gasteiger partial charge in [0.25, 0.3) is 0 Å². The highest BCUT2D eigenvalue weighted by Crippen LogP contribution is 2.24. The second-order valence-corrected chi connectivity index (χ2v) is 6.23. The topological polar surface area (TPSA) is 61.4 Å². The lowest BCUT2D eigenvalue weighted by atomic mass is 9.93. The molecule has 0 spiro atoms. The average Bonchev–Trinajstić information content (AvgIpc) is 2.57. The molecule has 1 aliphatic carbocycles. The SMILES string of the molecule is CCNC(=O)NC(=O)CN(Cc1ccc(F)cc1)C1CCCCC1. The van der Waals surface area contributed by atoms with Crippen LogP contribution >= 0.6 is 0 Å². The van der Waals surface area contributed by atoms with Crippen molar-refractivity contribution in [3.05, 3.63) is 35.6 Å². The van der Waals surface area contributed by atoms with Gasteiger partial charge >= 0.3 is 6.03 Å². The molecule has 5 nitrogen and oxygen atoms in total. The summed E-state index contributed by atoms with van der Waals surface area (Å²) in [6, 6.07) is 6.21. The minimum atomic E-state index is -0.465. The van der Waals surface area contributed by atoms with Gasteiger partial charge in [-0.15, -0.1) is 0 Å². The van der Waals surface area contributed by atoms with Crippen LogP contribution < -0.4 is 10.6 Å². The van der Waals surface area contributed by atoms with E-state index < -0.39 is 6.03 Å². The molecule has 0 atom stereocenters. The first kappa shape index (κ1) is 18.4. The summed E-state index contributed by atoms with van der Waals surface area (Å²) < 4.78 is 13.1. The minimum absolute atomic E-state index is 0.166. The molecular formula is C18H26FN3O2. The molecule has 1 aliphatic rings. The number of carbonyl (C=O) groups excluding carboxylic acids is 2. The van der Waals surface area contributed by atoms with Gasteiger partial charge in [-0.05, 0) is 37.5 Å². The summed E-state index contributed by atoms with van der Waals surface area (Å²) >= 11 is 0. The fraction of sp³-hybridized carbons (Fsp3) is 0.556. The number of benzene rings is 1. The molecule has 132 valence electrons. The van der Waals surface area contributed by atoms with Gasteiger partial charge in [-0.25, -0.2) is 9.18 Å². The van der Waals surface area contributed by atoms with E-state index in [9.17, 15) is 14.0 Å². The van der Waals surface area contributed by atoms with Crippen LogP contribution in [0.5, 0.6) is 0 Å². The Kier molecular flexibility index (Phi) is 7.18. The number of hydrogen-bond donors (Lipinski definition) is 2. The number of nitrogens with one attached hydrogen (secondary N) is 2. The standard InChI is InChI=1S/C18H26FN3O2/c1-2-20-18(24)21-17(23)13-22(16-6-4-3-5-7-16)12-14-8-10-15(19)11-9-14/h8-11,16H,2-7,12-13H2,1H3,(H2,20,21,23,24).